The first-order chi connectivity index (χ1) is 8.40. The van der Waals surface area contributed by atoms with Crippen LogP contribution in [-0.4, -0.2) is 6.61 Å². The molecule has 1 aliphatic rings. The highest BCUT2D eigenvalue weighted by molar-refractivity contribution is 5.26. The summed E-state index contributed by atoms with van der Waals surface area (Å²) in [4.78, 5) is 0. The third-order valence-corrected chi connectivity index (χ3v) is 3.08. The summed E-state index contributed by atoms with van der Waals surface area (Å²) in [5, 5.41) is 0. The molecule has 0 aliphatic heterocycles. The lowest BCUT2D eigenvalue weighted by Crippen LogP contribution is -2.04. The largest absolute Gasteiger partial charge is 0.374 e. The van der Waals surface area contributed by atoms with E-state index in [-0.39, 0.29) is 6.10 Å². The molecular weight excluding hydrogens is 208 g/mol. The van der Waals surface area contributed by atoms with Crippen LogP contribution in [-0.2, 0) is 4.74 Å². The van der Waals surface area contributed by atoms with Crippen molar-refractivity contribution in [3.05, 3.63) is 59.7 Å². The standard InChI is InChI=1S/C16H20O/c1-2-17-16(15-10-4-3-5-11-15)13-12-14-8-6-7-9-14/h3-6,8-11,16H,2,7,12-13H2,1H3. The number of hydrogen-bond donors (Lipinski definition) is 0. The average Bonchev–Trinajstić information content (AvgIpc) is 2.88. The Hall–Kier alpha value is -1.34. The predicted molar refractivity (Wildman–Crippen MR) is 71.9 cm³/mol. The van der Waals surface area contributed by atoms with Crippen molar-refractivity contribution >= 4 is 0 Å². The monoisotopic (exact) mass is 228 g/mol. The van der Waals surface area contributed by atoms with Gasteiger partial charge in [0.1, 0.15) is 0 Å². The Morgan fingerprint density at radius 3 is 2.71 bits per heavy atom. The second-order valence-corrected chi connectivity index (χ2v) is 4.31. The third-order valence-electron chi connectivity index (χ3n) is 3.08. The lowest BCUT2D eigenvalue weighted by molar-refractivity contribution is 0.0566. The molecule has 0 spiro atoms. The van der Waals surface area contributed by atoms with E-state index in [2.05, 4.69) is 55.5 Å². The van der Waals surface area contributed by atoms with E-state index < -0.39 is 0 Å². The van der Waals surface area contributed by atoms with Crippen LogP contribution in [0.4, 0.5) is 0 Å². The van der Waals surface area contributed by atoms with Crippen LogP contribution in [0.1, 0.15) is 37.9 Å². The number of rotatable bonds is 6. The molecule has 1 heteroatoms. The van der Waals surface area contributed by atoms with E-state index in [1.54, 1.807) is 0 Å². The van der Waals surface area contributed by atoms with Gasteiger partial charge in [-0.3, -0.25) is 0 Å². The van der Waals surface area contributed by atoms with Crippen LogP contribution in [0.2, 0.25) is 0 Å². The Bertz CT molecular complexity index is 389. The van der Waals surface area contributed by atoms with Gasteiger partial charge < -0.3 is 4.74 Å². The van der Waals surface area contributed by atoms with Crippen molar-refractivity contribution in [3.8, 4) is 0 Å². The Labute approximate surface area is 104 Å². The molecule has 0 saturated heterocycles. The van der Waals surface area contributed by atoms with Gasteiger partial charge in [0.25, 0.3) is 0 Å². The smallest absolute Gasteiger partial charge is 0.0827 e. The Morgan fingerprint density at radius 2 is 2.06 bits per heavy atom. The van der Waals surface area contributed by atoms with E-state index in [1.165, 1.54) is 11.1 Å². The van der Waals surface area contributed by atoms with Gasteiger partial charge in [0.15, 0.2) is 0 Å². The van der Waals surface area contributed by atoms with Crippen LogP contribution >= 0.6 is 0 Å². The van der Waals surface area contributed by atoms with Gasteiger partial charge in [0.05, 0.1) is 6.10 Å². The first-order valence-electron chi connectivity index (χ1n) is 6.42. The highest BCUT2D eigenvalue weighted by Gasteiger charge is 2.11. The summed E-state index contributed by atoms with van der Waals surface area (Å²) in [6.45, 7) is 2.83. The lowest BCUT2D eigenvalue weighted by atomic mass is 10.0. The summed E-state index contributed by atoms with van der Waals surface area (Å²) in [5.41, 5.74) is 2.74. The Balaban J connectivity index is 1.95. The molecule has 0 N–H and O–H groups in total. The van der Waals surface area contributed by atoms with Crippen LogP contribution in [0.25, 0.3) is 0 Å². The quantitative estimate of drug-likeness (QED) is 0.700. The topological polar surface area (TPSA) is 9.23 Å². The van der Waals surface area contributed by atoms with E-state index >= 15 is 0 Å². The summed E-state index contributed by atoms with van der Waals surface area (Å²) in [6.07, 6.45) is 10.2. The molecule has 0 saturated carbocycles. The molecule has 1 nitrogen and oxygen atoms in total. The molecular formula is C16H20O. The molecule has 0 aromatic heterocycles. The second kappa shape index (κ2) is 6.41. The van der Waals surface area contributed by atoms with E-state index in [1.807, 2.05) is 0 Å². The number of ether oxygens (including phenoxy) is 1. The van der Waals surface area contributed by atoms with Crippen molar-refractivity contribution in [2.45, 2.75) is 32.3 Å². The molecule has 0 fully saturated rings. The van der Waals surface area contributed by atoms with Crippen molar-refractivity contribution in [2.24, 2.45) is 0 Å². The first-order valence-corrected chi connectivity index (χ1v) is 6.42. The zero-order valence-electron chi connectivity index (χ0n) is 10.4. The number of benzene rings is 1. The van der Waals surface area contributed by atoms with Gasteiger partial charge in [-0.05, 0) is 31.7 Å². The predicted octanol–water partition coefficient (Wildman–Crippen LogP) is 4.43. The zero-order valence-corrected chi connectivity index (χ0v) is 10.4. The second-order valence-electron chi connectivity index (χ2n) is 4.31. The molecule has 1 aliphatic carbocycles. The maximum Gasteiger partial charge on any atom is 0.0827 e. The fourth-order valence-electron chi connectivity index (χ4n) is 2.21. The molecule has 2 rings (SSSR count). The summed E-state index contributed by atoms with van der Waals surface area (Å²) >= 11 is 0. The zero-order chi connectivity index (χ0) is 11.9. The number of allylic oxidation sites excluding steroid dienone is 4. The van der Waals surface area contributed by atoms with Crippen LogP contribution in [0.15, 0.2) is 54.1 Å². The van der Waals surface area contributed by atoms with Crippen LogP contribution in [0, 0.1) is 0 Å². The van der Waals surface area contributed by atoms with Crippen LogP contribution in [0.3, 0.4) is 0 Å². The lowest BCUT2D eigenvalue weighted by Gasteiger charge is -2.17. The molecule has 17 heavy (non-hydrogen) atoms. The summed E-state index contributed by atoms with van der Waals surface area (Å²) in [7, 11) is 0. The minimum atomic E-state index is 0.232. The molecule has 1 aromatic rings. The van der Waals surface area contributed by atoms with Crippen molar-refractivity contribution in [1.29, 1.82) is 0 Å². The minimum Gasteiger partial charge on any atom is -0.374 e. The SMILES string of the molecule is CCOC(CCC1=CCC=C1)c1ccccc1. The summed E-state index contributed by atoms with van der Waals surface area (Å²) in [6, 6.07) is 10.5. The summed E-state index contributed by atoms with van der Waals surface area (Å²) < 4.78 is 5.84. The molecule has 1 aromatic carbocycles. The number of hydrogen-bond acceptors (Lipinski definition) is 1. The van der Waals surface area contributed by atoms with E-state index in [0.29, 0.717) is 0 Å². The normalized spacial score (nSPS) is 15.9. The van der Waals surface area contributed by atoms with Crippen molar-refractivity contribution in [1.82, 2.24) is 0 Å². The van der Waals surface area contributed by atoms with Gasteiger partial charge in [-0.15, -0.1) is 0 Å². The molecule has 1 unspecified atom stereocenters. The third kappa shape index (κ3) is 3.57. The highest BCUT2D eigenvalue weighted by Crippen LogP contribution is 2.26. The molecule has 90 valence electrons. The highest BCUT2D eigenvalue weighted by atomic mass is 16.5. The maximum absolute atomic E-state index is 5.84. The maximum atomic E-state index is 5.84. The summed E-state index contributed by atoms with van der Waals surface area (Å²) in [5.74, 6) is 0. The Kier molecular flexibility index (Phi) is 4.57. The van der Waals surface area contributed by atoms with Gasteiger partial charge >= 0.3 is 0 Å². The van der Waals surface area contributed by atoms with E-state index in [0.717, 1.165) is 25.9 Å². The fraction of sp³-hybridized carbons (Fsp3) is 0.375. The molecule has 0 radical (unpaired) electrons. The van der Waals surface area contributed by atoms with E-state index in [4.69, 9.17) is 4.74 Å². The molecule has 0 amide bonds. The van der Waals surface area contributed by atoms with Gasteiger partial charge in [0.2, 0.25) is 0 Å². The minimum absolute atomic E-state index is 0.232. The molecule has 1 atom stereocenters. The Morgan fingerprint density at radius 1 is 1.24 bits per heavy atom. The fourth-order valence-corrected chi connectivity index (χ4v) is 2.21. The van der Waals surface area contributed by atoms with Gasteiger partial charge in [-0.25, -0.2) is 0 Å². The van der Waals surface area contributed by atoms with Gasteiger partial charge in [0, 0.05) is 6.61 Å². The average molecular weight is 228 g/mol. The van der Waals surface area contributed by atoms with E-state index in [9.17, 15) is 0 Å². The van der Waals surface area contributed by atoms with Crippen molar-refractivity contribution in [2.75, 3.05) is 6.61 Å². The van der Waals surface area contributed by atoms with Crippen LogP contribution < -0.4 is 0 Å². The first kappa shape index (κ1) is 12.1. The molecule has 0 heterocycles. The van der Waals surface area contributed by atoms with Crippen molar-refractivity contribution in [3.63, 3.8) is 0 Å². The van der Waals surface area contributed by atoms with Gasteiger partial charge in [-0.1, -0.05) is 54.1 Å². The molecule has 0 bridgehead atoms. The van der Waals surface area contributed by atoms with Crippen molar-refractivity contribution < 1.29 is 4.74 Å². The van der Waals surface area contributed by atoms with Gasteiger partial charge in [-0.2, -0.15) is 0 Å². The van der Waals surface area contributed by atoms with Crippen LogP contribution in [0.5, 0.6) is 0 Å².